The molecule has 104 valence electrons. The zero-order valence-corrected chi connectivity index (χ0v) is 11.6. The number of unbranched alkanes of at least 4 members (excludes halogenated alkanes) is 1. The van der Waals surface area contributed by atoms with E-state index in [9.17, 15) is 9.59 Å². The molecule has 1 aromatic carbocycles. The number of ether oxygens (including phenoxy) is 2. The lowest BCUT2D eigenvalue weighted by Crippen LogP contribution is -2.17. The van der Waals surface area contributed by atoms with Gasteiger partial charge in [-0.25, -0.2) is 4.79 Å². The molecule has 0 fully saturated rings. The first-order chi connectivity index (χ1) is 9.06. The van der Waals surface area contributed by atoms with Crippen molar-refractivity contribution in [3.8, 4) is 5.75 Å². The molecule has 0 spiro atoms. The Labute approximate surface area is 113 Å². The third-order valence-corrected chi connectivity index (χ3v) is 2.52. The van der Waals surface area contributed by atoms with Crippen LogP contribution in [0.25, 0.3) is 0 Å². The highest BCUT2D eigenvalue weighted by atomic mass is 16.5. The molecule has 4 heteroatoms. The van der Waals surface area contributed by atoms with Crippen molar-refractivity contribution < 1.29 is 19.1 Å². The number of hydrogen-bond donors (Lipinski definition) is 0. The minimum atomic E-state index is -0.458. The number of rotatable bonds is 6. The van der Waals surface area contributed by atoms with Crippen LogP contribution in [0.5, 0.6) is 5.75 Å². The van der Waals surface area contributed by atoms with E-state index in [2.05, 4.69) is 0 Å². The van der Waals surface area contributed by atoms with Crippen LogP contribution in [-0.4, -0.2) is 18.5 Å². The molecular weight excluding hydrogens is 244 g/mol. The van der Waals surface area contributed by atoms with Crippen LogP contribution in [-0.2, 0) is 9.53 Å². The zero-order chi connectivity index (χ0) is 14.3. The van der Waals surface area contributed by atoms with Gasteiger partial charge in [0.2, 0.25) is 0 Å². The molecule has 0 aliphatic carbocycles. The van der Waals surface area contributed by atoms with Crippen molar-refractivity contribution in [2.75, 3.05) is 6.61 Å². The Bertz CT molecular complexity index is 438. The van der Waals surface area contributed by atoms with E-state index < -0.39 is 5.97 Å². The fourth-order valence-corrected chi connectivity index (χ4v) is 1.34. The fourth-order valence-electron chi connectivity index (χ4n) is 1.34. The van der Waals surface area contributed by atoms with Gasteiger partial charge in [-0.1, -0.05) is 39.3 Å². The molecule has 1 aromatic rings. The molecular formula is C15H20O4. The van der Waals surface area contributed by atoms with Gasteiger partial charge in [0, 0.05) is 0 Å². The summed E-state index contributed by atoms with van der Waals surface area (Å²) in [5, 5.41) is 0. The van der Waals surface area contributed by atoms with Crippen molar-refractivity contribution in [3.05, 3.63) is 29.8 Å². The van der Waals surface area contributed by atoms with Gasteiger partial charge in [-0.3, -0.25) is 4.79 Å². The summed E-state index contributed by atoms with van der Waals surface area (Å²) in [6, 6.07) is 6.61. The van der Waals surface area contributed by atoms with Gasteiger partial charge in [0.25, 0.3) is 0 Å². The Morgan fingerprint density at radius 3 is 2.53 bits per heavy atom. The quantitative estimate of drug-likeness (QED) is 0.450. The first kappa shape index (κ1) is 15.2. The molecule has 0 unspecified atom stereocenters. The highest BCUT2D eigenvalue weighted by Crippen LogP contribution is 2.20. The van der Waals surface area contributed by atoms with Crippen LogP contribution < -0.4 is 4.74 Å². The number of carbonyl (C=O) groups is 2. The van der Waals surface area contributed by atoms with E-state index in [4.69, 9.17) is 9.47 Å². The Kier molecular flexibility index (Phi) is 6.06. The van der Waals surface area contributed by atoms with Crippen LogP contribution >= 0.6 is 0 Å². The molecule has 0 amide bonds. The van der Waals surface area contributed by atoms with Crippen molar-refractivity contribution in [3.63, 3.8) is 0 Å². The van der Waals surface area contributed by atoms with Gasteiger partial charge in [0.1, 0.15) is 11.3 Å². The van der Waals surface area contributed by atoms with Crippen LogP contribution in [0.15, 0.2) is 24.3 Å². The first-order valence-corrected chi connectivity index (χ1v) is 6.54. The Morgan fingerprint density at radius 2 is 1.89 bits per heavy atom. The van der Waals surface area contributed by atoms with E-state index in [1.54, 1.807) is 38.1 Å². The number of esters is 2. The molecule has 0 saturated carbocycles. The standard InChI is InChI=1S/C15H20O4/c1-4-5-10-18-15(17)12-8-6-7-9-13(12)19-14(16)11(2)3/h6-9,11H,4-5,10H2,1-3H3. The average molecular weight is 264 g/mol. The summed E-state index contributed by atoms with van der Waals surface area (Å²) in [7, 11) is 0. The summed E-state index contributed by atoms with van der Waals surface area (Å²) in [5.74, 6) is -0.818. The van der Waals surface area contributed by atoms with Gasteiger partial charge < -0.3 is 9.47 Å². The molecule has 0 aliphatic heterocycles. The van der Waals surface area contributed by atoms with E-state index >= 15 is 0 Å². The van der Waals surface area contributed by atoms with Gasteiger partial charge in [-0.2, -0.15) is 0 Å². The highest BCUT2D eigenvalue weighted by Gasteiger charge is 2.17. The van der Waals surface area contributed by atoms with Crippen molar-refractivity contribution in [1.29, 1.82) is 0 Å². The molecule has 0 radical (unpaired) electrons. The van der Waals surface area contributed by atoms with E-state index in [-0.39, 0.29) is 23.2 Å². The lowest BCUT2D eigenvalue weighted by Gasteiger charge is -2.11. The van der Waals surface area contributed by atoms with E-state index in [1.165, 1.54) is 0 Å². The van der Waals surface area contributed by atoms with E-state index in [0.717, 1.165) is 12.8 Å². The normalized spacial score (nSPS) is 10.3. The molecule has 0 heterocycles. The minimum Gasteiger partial charge on any atom is -0.462 e. The molecule has 19 heavy (non-hydrogen) atoms. The van der Waals surface area contributed by atoms with Gasteiger partial charge in [0.05, 0.1) is 12.5 Å². The Hall–Kier alpha value is -1.84. The Balaban J connectivity index is 2.77. The van der Waals surface area contributed by atoms with Gasteiger partial charge in [0.15, 0.2) is 0 Å². The summed E-state index contributed by atoms with van der Waals surface area (Å²) < 4.78 is 10.3. The number of para-hydroxylation sites is 1. The smallest absolute Gasteiger partial charge is 0.341 e. The fraction of sp³-hybridized carbons (Fsp3) is 0.467. The van der Waals surface area contributed by atoms with Crippen LogP contribution in [0.1, 0.15) is 44.0 Å². The predicted octanol–water partition coefficient (Wildman–Crippen LogP) is 3.20. The molecule has 1 rings (SSSR count). The molecule has 0 bridgehead atoms. The molecule has 0 atom stereocenters. The molecule has 4 nitrogen and oxygen atoms in total. The van der Waals surface area contributed by atoms with E-state index in [0.29, 0.717) is 6.61 Å². The molecule has 0 aliphatic rings. The van der Waals surface area contributed by atoms with Gasteiger partial charge in [-0.15, -0.1) is 0 Å². The third-order valence-electron chi connectivity index (χ3n) is 2.52. The van der Waals surface area contributed by atoms with Crippen LogP contribution in [0.4, 0.5) is 0 Å². The maximum atomic E-state index is 11.9. The van der Waals surface area contributed by atoms with Crippen molar-refractivity contribution in [1.82, 2.24) is 0 Å². The lowest BCUT2D eigenvalue weighted by atomic mass is 10.2. The van der Waals surface area contributed by atoms with Crippen molar-refractivity contribution in [2.24, 2.45) is 5.92 Å². The maximum absolute atomic E-state index is 11.9. The summed E-state index contributed by atoms with van der Waals surface area (Å²) in [5.41, 5.74) is 0.285. The monoisotopic (exact) mass is 264 g/mol. The summed E-state index contributed by atoms with van der Waals surface area (Å²) in [6.45, 7) is 5.88. The Morgan fingerprint density at radius 1 is 1.21 bits per heavy atom. The summed E-state index contributed by atoms with van der Waals surface area (Å²) in [4.78, 5) is 23.5. The van der Waals surface area contributed by atoms with E-state index in [1.807, 2.05) is 6.92 Å². The third kappa shape index (κ3) is 4.73. The second kappa shape index (κ2) is 7.56. The largest absolute Gasteiger partial charge is 0.462 e. The predicted molar refractivity (Wildman–Crippen MR) is 72.1 cm³/mol. The van der Waals surface area contributed by atoms with Crippen LogP contribution in [0.2, 0.25) is 0 Å². The average Bonchev–Trinajstić information content (AvgIpc) is 2.39. The van der Waals surface area contributed by atoms with Gasteiger partial charge >= 0.3 is 11.9 Å². The second-order valence-electron chi connectivity index (χ2n) is 4.56. The summed E-state index contributed by atoms with van der Waals surface area (Å²) >= 11 is 0. The number of benzene rings is 1. The van der Waals surface area contributed by atoms with Gasteiger partial charge in [-0.05, 0) is 18.6 Å². The first-order valence-electron chi connectivity index (χ1n) is 6.54. The summed E-state index contributed by atoms with van der Waals surface area (Å²) in [6.07, 6.45) is 1.77. The zero-order valence-electron chi connectivity index (χ0n) is 11.6. The SMILES string of the molecule is CCCCOC(=O)c1ccccc1OC(=O)C(C)C. The second-order valence-corrected chi connectivity index (χ2v) is 4.56. The van der Waals surface area contributed by atoms with Crippen LogP contribution in [0.3, 0.4) is 0 Å². The molecule has 0 saturated heterocycles. The lowest BCUT2D eigenvalue weighted by molar-refractivity contribution is -0.137. The topological polar surface area (TPSA) is 52.6 Å². The highest BCUT2D eigenvalue weighted by molar-refractivity contribution is 5.93. The number of carbonyl (C=O) groups excluding carboxylic acids is 2. The van der Waals surface area contributed by atoms with Crippen LogP contribution in [0, 0.1) is 5.92 Å². The molecule has 0 N–H and O–H groups in total. The van der Waals surface area contributed by atoms with Crippen molar-refractivity contribution in [2.45, 2.75) is 33.6 Å². The van der Waals surface area contributed by atoms with Crippen molar-refractivity contribution >= 4 is 11.9 Å². The minimum absolute atomic E-state index is 0.246. The number of hydrogen-bond acceptors (Lipinski definition) is 4. The maximum Gasteiger partial charge on any atom is 0.341 e. The molecule has 0 aromatic heterocycles.